The van der Waals surface area contributed by atoms with Gasteiger partial charge in [-0.15, -0.1) is 10.2 Å². The Balaban J connectivity index is 1.63. The fraction of sp³-hybridized carbons (Fsp3) is 0.200. The van der Waals surface area contributed by atoms with Crippen LogP contribution in [0.5, 0.6) is 5.75 Å². The van der Waals surface area contributed by atoms with E-state index in [0.29, 0.717) is 23.3 Å². The van der Waals surface area contributed by atoms with Gasteiger partial charge in [-0.3, -0.25) is 14.7 Å². The van der Waals surface area contributed by atoms with E-state index < -0.39 is 5.25 Å². The zero-order chi connectivity index (χ0) is 24.1. The van der Waals surface area contributed by atoms with Crippen LogP contribution in [0.2, 0.25) is 0 Å². The van der Waals surface area contributed by atoms with Crippen molar-refractivity contribution in [1.82, 2.24) is 14.8 Å². The van der Waals surface area contributed by atoms with E-state index in [9.17, 15) is 10.1 Å². The van der Waals surface area contributed by atoms with Gasteiger partial charge in [0.15, 0.2) is 5.16 Å². The van der Waals surface area contributed by atoms with Gasteiger partial charge in [-0.05, 0) is 49.7 Å². The lowest BCUT2D eigenvalue weighted by molar-refractivity contribution is -0.479. The van der Waals surface area contributed by atoms with Crippen molar-refractivity contribution < 1.29 is 9.66 Å². The predicted octanol–water partition coefficient (Wildman–Crippen LogP) is 6.34. The van der Waals surface area contributed by atoms with Crippen molar-refractivity contribution in [2.75, 3.05) is 6.54 Å². The van der Waals surface area contributed by atoms with Crippen LogP contribution in [0.1, 0.15) is 27.8 Å². The van der Waals surface area contributed by atoms with Crippen LogP contribution in [-0.2, 0) is 6.61 Å². The van der Waals surface area contributed by atoms with E-state index >= 15 is 0 Å². The van der Waals surface area contributed by atoms with Crippen LogP contribution in [0.15, 0.2) is 82.4 Å². The molecule has 0 aliphatic carbocycles. The van der Waals surface area contributed by atoms with E-state index in [0.717, 1.165) is 26.9 Å². The molecule has 1 aromatic heterocycles. The first-order valence-corrected chi connectivity index (χ1v) is 12.3. The number of rotatable bonds is 9. The Bertz CT molecular complexity index is 1280. The van der Waals surface area contributed by atoms with Crippen LogP contribution >= 0.6 is 27.7 Å². The topological polar surface area (TPSA) is 83.1 Å². The molecule has 34 heavy (non-hydrogen) atoms. The summed E-state index contributed by atoms with van der Waals surface area (Å²) in [6.45, 7) is 3.98. The molecule has 1 atom stereocenters. The number of ether oxygens (including phenoxy) is 1. The largest absolute Gasteiger partial charge is 0.489 e. The first-order valence-electron chi connectivity index (χ1n) is 10.6. The summed E-state index contributed by atoms with van der Waals surface area (Å²) < 4.78 is 9.01. The van der Waals surface area contributed by atoms with Gasteiger partial charge < -0.3 is 4.74 Å². The maximum Gasteiger partial charge on any atom is 0.220 e. The average molecular weight is 539 g/mol. The van der Waals surface area contributed by atoms with Crippen molar-refractivity contribution in [1.29, 1.82) is 0 Å². The Morgan fingerprint density at radius 3 is 2.44 bits per heavy atom. The molecule has 1 heterocycles. The molecule has 0 bridgehead atoms. The van der Waals surface area contributed by atoms with Crippen molar-refractivity contribution in [2.45, 2.75) is 30.9 Å². The average Bonchev–Trinajstić information content (AvgIpc) is 3.18. The van der Waals surface area contributed by atoms with Gasteiger partial charge in [-0.2, -0.15) is 0 Å². The Labute approximate surface area is 210 Å². The van der Waals surface area contributed by atoms with Gasteiger partial charge in [0.05, 0.1) is 0 Å². The summed E-state index contributed by atoms with van der Waals surface area (Å²) in [5.41, 5.74) is 3.81. The van der Waals surface area contributed by atoms with Crippen molar-refractivity contribution in [3.05, 3.63) is 110 Å². The number of benzene rings is 3. The highest BCUT2D eigenvalue weighted by molar-refractivity contribution is 9.10. The minimum Gasteiger partial charge on any atom is -0.489 e. The molecule has 0 radical (unpaired) electrons. The van der Waals surface area contributed by atoms with Gasteiger partial charge in [0, 0.05) is 20.6 Å². The number of hydrogen-bond acceptors (Lipinski definition) is 6. The van der Waals surface area contributed by atoms with Crippen molar-refractivity contribution in [3.8, 4) is 11.4 Å². The molecule has 0 aliphatic rings. The van der Waals surface area contributed by atoms with Gasteiger partial charge in [0.25, 0.3) is 0 Å². The summed E-state index contributed by atoms with van der Waals surface area (Å²) in [7, 11) is 0. The number of aromatic nitrogens is 3. The van der Waals surface area contributed by atoms with Gasteiger partial charge >= 0.3 is 0 Å². The number of halogens is 1. The quantitative estimate of drug-likeness (QED) is 0.140. The standard InChI is InChI=1S/C25H23BrN4O3S/c1-17-7-13-21(14-8-17)30-18(2)27-28-25(30)34-24(15-29(31)32)22-5-3-4-6-23(22)33-16-19-9-11-20(26)12-10-19/h3-14,24H,15-16H2,1-2H3/t24-/m1/s1. The van der Waals surface area contributed by atoms with Crippen LogP contribution in [0, 0.1) is 24.0 Å². The number of nitrogens with zero attached hydrogens (tertiary/aromatic N) is 4. The maximum atomic E-state index is 11.6. The highest BCUT2D eigenvalue weighted by Gasteiger charge is 2.26. The van der Waals surface area contributed by atoms with E-state index in [1.165, 1.54) is 11.8 Å². The summed E-state index contributed by atoms with van der Waals surface area (Å²) >= 11 is 4.75. The van der Waals surface area contributed by atoms with Gasteiger partial charge in [0.2, 0.25) is 6.54 Å². The summed E-state index contributed by atoms with van der Waals surface area (Å²) in [5, 5.41) is 20.2. The molecule has 4 aromatic rings. The third-order valence-corrected chi connectivity index (χ3v) is 6.91. The van der Waals surface area contributed by atoms with E-state index in [2.05, 4.69) is 26.1 Å². The number of thioether (sulfide) groups is 1. The molecule has 0 fully saturated rings. The molecule has 9 heteroatoms. The second kappa shape index (κ2) is 10.8. The Hall–Kier alpha value is -3.17. The minimum absolute atomic E-state index is 0.275. The number of hydrogen-bond donors (Lipinski definition) is 0. The third-order valence-electron chi connectivity index (χ3n) is 5.22. The van der Waals surface area contributed by atoms with Gasteiger partial charge in [-0.25, -0.2) is 0 Å². The van der Waals surface area contributed by atoms with Crippen LogP contribution in [-0.4, -0.2) is 26.2 Å². The smallest absolute Gasteiger partial charge is 0.220 e. The molecule has 0 spiro atoms. The molecular formula is C25H23BrN4O3S. The monoisotopic (exact) mass is 538 g/mol. The lowest BCUT2D eigenvalue weighted by atomic mass is 10.1. The summed E-state index contributed by atoms with van der Waals surface area (Å²) in [5.74, 6) is 1.33. The van der Waals surface area contributed by atoms with Gasteiger partial charge in [-0.1, -0.05) is 75.7 Å². The van der Waals surface area contributed by atoms with Crippen molar-refractivity contribution >= 4 is 27.7 Å². The van der Waals surface area contributed by atoms with E-state index in [1.807, 2.05) is 91.2 Å². The van der Waals surface area contributed by atoms with E-state index in [1.54, 1.807) is 0 Å². The fourth-order valence-corrected chi connectivity index (χ4v) is 4.96. The van der Waals surface area contributed by atoms with Crippen LogP contribution in [0.4, 0.5) is 0 Å². The second-order valence-corrected chi connectivity index (χ2v) is 9.86. The van der Waals surface area contributed by atoms with Crippen LogP contribution < -0.4 is 4.74 Å². The first kappa shape index (κ1) is 24.0. The normalized spacial score (nSPS) is 11.9. The molecule has 0 saturated carbocycles. The van der Waals surface area contributed by atoms with E-state index in [4.69, 9.17) is 4.74 Å². The molecule has 0 unspecified atom stereocenters. The van der Waals surface area contributed by atoms with Crippen LogP contribution in [0.25, 0.3) is 5.69 Å². The molecule has 0 aliphatic heterocycles. The molecule has 174 valence electrons. The summed E-state index contributed by atoms with van der Waals surface area (Å²) in [6.07, 6.45) is 0. The molecule has 4 rings (SSSR count). The highest BCUT2D eigenvalue weighted by atomic mass is 79.9. The molecule has 7 nitrogen and oxygen atoms in total. The maximum absolute atomic E-state index is 11.6. The number of para-hydroxylation sites is 1. The molecule has 0 amide bonds. The Morgan fingerprint density at radius 2 is 1.74 bits per heavy atom. The summed E-state index contributed by atoms with van der Waals surface area (Å²) in [4.78, 5) is 11.3. The van der Waals surface area contributed by atoms with Crippen molar-refractivity contribution in [2.24, 2.45) is 0 Å². The first-order chi connectivity index (χ1) is 16.4. The third kappa shape index (κ3) is 5.84. The van der Waals surface area contributed by atoms with Crippen molar-refractivity contribution in [3.63, 3.8) is 0 Å². The fourth-order valence-electron chi connectivity index (χ4n) is 3.49. The SMILES string of the molecule is Cc1ccc(-n2c(C)nnc2S[C@H](C[N+](=O)[O-])c2ccccc2OCc2ccc(Br)cc2)cc1. The minimum atomic E-state index is -0.510. The Kier molecular flexibility index (Phi) is 7.64. The molecule has 0 saturated heterocycles. The number of nitro groups is 1. The van der Waals surface area contributed by atoms with Crippen LogP contribution in [0.3, 0.4) is 0 Å². The van der Waals surface area contributed by atoms with Gasteiger partial charge in [0.1, 0.15) is 23.4 Å². The lowest BCUT2D eigenvalue weighted by Crippen LogP contribution is -2.12. The number of aryl methyl sites for hydroxylation is 2. The second-order valence-electron chi connectivity index (χ2n) is 7.78. The zero-order valence-electron chi connectivity index (χ0n) is 18.7. The lowest BCUT2D eigenvalue weighted by Gasteiger charge is -2.18. The summed E-state index contributed by atoms with van der Waals surface area (Å²) in [6, 6.07) is 23.3. The predicted molar refractivity (Wildman–Crippen MR) is 136 cm³/mol. The Morgan fingerprint density at radius 1 is 1.03 bits per heavy atom. The van der Waals surface area contributed by atoms with E-state index in [-0.39, 0.29) is 11.5 Å². The molecular weight excluding hydrogens is 516 g/mol. The zero-order valence-corrected chi connectivity index (χ0v) is 21.1. The highest BCUT2D eigenvalue weighted by Crippen LogP contribution is 2.40. The molecule has 0 N–H and O–H groups in total. The molecule has 3 aromatic carbocycles.